The summed E-state index contributed by atoms with van der Waals surface area (Å²) in [5.74, 6) is 2.45. The van der Waals surface area contributed by atoms with E-state index in [2.05, 4.69) is 30.6 Å². The van der Waals surface area contributed by atoms with Crippen LogP contribution in [0, 0.1) is 13.8 Å². The van der Waals surface area contributed by atoms with Crippen molar-refractivity contribution >= 4 is 11.6 Å². The number of aromatic nitrogens is 4. The quantitative estimate of drug-likeness (QED) is 0.853. The summed E-state index contributed by atoms with van der Waals surface area (Å²) in [6, 6.07) is 1.88. The third-order valence-corrected chi connectivity index (χ3v) is 2.68. The number of hydrogen-bond acceptors (Lipinski definition) is 6. The fourth-order valence-electron chi connectivity index (χ4n) is 1.74. The minimum Gasteiger partial charge on any atom is -0.370 e. The van der Waals surface area contributed by atoms with Crippen LogP contribution in [0.1, 0.15) is 24.0 Å². The molecule has 0 saturated carbocycles. The standard InChI is InChI=1S/C13H18N6/c1-4-15-12-9(2)13(19-10(3)18-12)16-7-11-5-6-14-8-17-11/h5-6,8H,4,7H2,1-3H3,(H2,15,16,18,19). The van der Waals surface area contributed by atoms with Gasteiger partial charge in [-0.15, -0.1) is 0 Å². The average Bonchev–Trinajstić information content (AvgIpc) is 2.42. The van der Waals surface area contributed by atoms with Crippen molar-refractivity contribution < 1.29 is 0 Å². The molecule has 19 heavy (non-hydrogen) atoms. The van der Waals surface area contributed by atoms with Crippen LogP contribution in [0.4, 0.5) is 11.6 Å². The first-order valence-corrected chi connectivity index (χ1v) is 6.28. The second-order valence-electron chi connectivity index (χ2n) is 4.18. The Hall–Kier alpha value is -2.24. The maximum atomic E-state index is 4.43. The summed E-state index contributed by atoms with van der Waals surface area (Å²) in [5, 5.41) is 6.53. The van der Waals surface area contributed by atoms with E-state index in [1.165, 1.54) is 0 Å². The van der Waals surface area contributed by atoms with Crippen molar-refractivity contribution in [2.45, 2.75) is 27.3 Å². The molecule has 2 aromatic heterocycles. The van der Waals surface area contributed by atoms with Crippen molar-refractivity contribution in [1.29, 1.82) is 0 Å². The van der Waals surface area contributed by atoms with Crippen molar-refractivity contribution in [1.82, 2.24) is 19.9 Å². The molecule has 0 bridgehead atoms. The summed E-state index contributed by atoms with van der Waals surface area (Å²) in [5.41, 5.74) is 1.94. The molecule has 100 valence electrons. The zero-order chi connectivity index (χ0) is 13.7. The maximum absolute atomic E-state index is 4.43. The maximum Gasteiger partial charge on any atom is 0.135 e. The van der Waals surface area contributed by atoms with E-state index in [0.717, 1.165) is 35.3 Å². The van der Waals surface area contributed by atoms with Gasteiger partial charge in [-0.2, -0.15) is 0 Å². The molecular weight excluding hydrogens is 240 g/mol. The summed E-state index contributed by atoms with van der Waals surface area (Å²) >= 11 is 0. The van der Waals surface area contributed by atoms with Gasteiger partial charge in [0.1, 0.15) is 23.8 Å². The highest BCUT2D eigenvalue weighted by Gasteiger charge is 2.08. The van der Waals surface area contributed by atoms with Gasteiger partial charge in [0, 0.05) is 18.3 Å². The van der Waals surface area contributed by atoms with Crippen LogP contribution in [0.3, 0.4) is 0 Å². The first kappa shape index (κ1) is 13.2. The molecule has 6 nitrogen and oxygen atoms in total. The Bertz CT molecular complexity index is 540. The molecule has 0 aliphatic carbocycles. The second-order valence-corrected chi connectivity index (χ2v) is 4.18. The second kappa shape index (κ2) is 6.08. The molecule has 0 saturated heterocycles. The lowest BCUT2D eigenvalue weighted by atomic mass is 10.3. The molecule has 2 heterocycles. The molecule has 2 aromatic rings. The van der Waals surface area contributed by atoms with Gasteiger partial charge in [-0.3, -0.25) is 0 Å². The minimum absolute atomic E-state index is 0.616. The highest BCUT2D eigenvalue weighted by Crippen LogP contribution is 2.19. The molecule has 0 atom stereocenters. The number of anilines is 2. The number of nitrogens with one attached hydrogen (secondary N) is 2. The van der Waals surface area contributed by atoms with E-state index in [-0.39, 0.29) is 0 Å². The Morgan fingerprint density at radius 2 is 1.84 bits per heavy atom. The van der Waals surface area contributed by atoms with Gasteiger partial charge in [0.05, 0.1) is 12.2 Å². The van der Waals surface area contributed by atoms with Gasteiger partial charge >= 0.3 is 0 Å². The minimum atomic E-state index is 0.616. The third kappa shape index (κ3) is 3.37. The molecule has 0 fully saturated rings. The highest BCUT2D eigenvalue weighted by atomic mass is 15.1. The lowest BCUT2D eigenvalue weighted by Crippen LogP contribution is -2.10. The van der Waals surface area contributed by atoms with Crippen LogP contribution in [0.15, 0.2) is 18.6 Å². The van der Waals surface area contributed by atoms with Crippen LogP contribution < -0.4 is 10.6 Å². The average molecular weight is 258 g/mol. The van der Waals surface area contributed by atoms with E-state index < -0.39 is 0 Å². The van der Waals surface area contributed by atoms with Gasteiger partial charge in [0.25, 0.3) is 0 Å². The van der Waals surface area contributed by atoms with E-state index in [0.29, 0.717) is 6.54 Å². The fourth-order valence-corrected chi connectivity index (χ4v) is 1.74. The largest absolute Gasteiger partial charge is 0.370 e. The van der Waals surface area contributed by atoms with Crippen LogP contribution in [-0.2, 0) is 6.54 Å². The van der Waals surface area contributed by atoms with Crippen LogP contribution in [0.2, 0.25) is 0 Å². The van der Waals surface area contributed by atoms with E-state index >= 15 is 0 Å². The topological polar surface area (TPSA) is 75.6 Å². The van der Waals surface area contributed by atoms with E-state index in [4.69, 9.17) is 0 Å². The molecule has 0 spiro atoms. The van der Waals surface area contributed by atoms with Gasteiger partial charge in [-0.05, 0) is 26.8 Å². The van der Waals surface area contributed by atoms with Crippen LogP contribution in [0.5, 0.6) is 0 Å². The molecule has 6 heteroatoms. The number of rotatable bonds is 5. The van der Waals surface area contributed by atoms with E-state index in [9.17, 15) is 0 Å². The summed E-state index contributed by atoms with van der Waals surface area (Å²) in [7, 11) is 0. The van der Waals surface area contributed by atoms with Gasteiger partial charge in [-0.25, -0.2) is 19.9 Å². The number of hydrogen-bond donors (Lipinski definition) is 2. The summed E-state index contributed by atoms with van der Waals surface area (Å²) in [4.78, 5) is 16.9. The Kier molecular flexibility index (Phi) is 4.22. The third-order valence-electron chi connectivity index (χ3n) is 2.68. The molecular formula is C13H18N6. The molecule has 0 aliphatic heterocycles. The molecule has 0 radical (unpaired) electrons. The molecule has 0 aliphatic rings. The first-order chi connectivity index (χ1) is 9.20. The van der Waals surface area contributed by atoms with Gasteiger partial charge in [0.2, 0.25) is 0 Å². The Morgan fingerprint density at radius 3 is 2.47 bits per heavy atom. The Labute approximate surface area is 112 Å². The van der Waals surface area contributed by atoms with Crippen molar-refractivity contribution in [3.63, 3.8) is 0 Å². The van der Waals surface area contributed by atoms with Gasteiger partial charge in [0.15, 0.2) is 0 Å². The van der Waals surface area contributed by atoms with E-state index in [1.54, 1.807) is 12.5 Å². The van der Waals surface area contributed by atoms with Crippen LogP contribution >= 0.6 is 0 Å². The lowest BCUT2D eigenvalue weighted by Gasteiger charge is -2.13. The smallest absolute Gasteiger partial charge is 0.135 e. The van der Waals surface area contributed by atoms with Gasteiger partial charge in [-0.1, -0.05) is 0 Å². The van der Waals surface area contributed by atoms with Crippen LogP contribution in [-0.4, -0.2) is 26.5 Å². The van der Waals surface area contributed by atoms with Crippen molar-refractivity contribution in [2.24, 2.45) is 0 Å². The van der Waals surface area contributed by atoms with E-state index in [1.807, 2.05) is 26.8 Å². The zero-order valence-electron chi connectivity index (χ0n) is 11.4. The highest BCUT2D eigenvalue weighted by molar-refractivity contribution is 5.57. The lowest BCUT2D eigenvalue weighted by molar-refractivity contribution is 0.963. The SMILES string of the molecule is CCNc1nc(C)nc(NCc2ccncn2)c1C. The van der Waals surface area contributed by atoms with Crippen molar-refractivity contribution in [3.05, 3.63) is 35.7 Å². The molecule has 0 aromatic carbocycles. The normalized spacial score (nSPS) is 10.3. The first-order valence-electron chi connectivity index (χ1n) is 6.28. The summed E-state index contributed by atoms with van der Waals surface area (Å²) in [6.45, 7) is 7.38. The summed E-state index contributed by atoms with van der Waals surface area (Å²) in [6.07, 6.45) is 3.27. The zero-order valence-corrected chi connectivity index (χ0v) is 11.4. The Balaban J connectivity index is 2.16. The predicted molar refractivity (Wildman–Crippen MR) is 75.0 cm³/mol. The van der Waals surface area contributed by atoms with Crippen molar-refractivity contribution in [3.8, 4) is 0 Å². The fraction of sp³-hybridized carbons (Fsp3) is 0.385. The van der Waals surface area contributed by atoms with Crippen LogP contribution in [0.25, 0.3) is 0 Å². The Morgan fingerprint density at radius 1 is 1.11 bits per heavy atom. The number of nitrogens with zero attached hydrogens (tertiary/aromatic N) is 4. The van der Waals surface area contributed by atoms with Crippen molar-refractivity contribution in [2.75, 3.05) is 17.2 Å². The summed E-state index contributed by atoms with van der Waals surface area (Å²) < 4.78 is 0. The molecule has 2 rings (SSSR count). The molecule has 2 N–H and O–H groups in total. The predicted octanol–water partition coefficient (Wildman–Crippen LogP) is 1.93. The number of aryl methyl sites for hydroxylation is 1. The van der Waals surface area contributed by atoms with Gasteiger partial charge < -0.3 is 10.6 Å². The molecule has 0 unspecified atom stereocenters. The monoisotopic (exact) mass is 258 g/mol. The molecule has 0 amide bonds.